The molecule has 0 amide bonds. The summed E-state index contributed by atoms with van der Waals surface area (Å²) in [5, 5.41) is 0.576. The predicted octanol–water partition coefficient (Wildman–Crippen LogP) is 3.43. The van der Waals surface area contributed by atoms with Gasteiger partial charge in [0.1, 0.15) is 5.75 Å². The van der Waals surface area contributed by atoms with Crippen molar-refractivity contribution in [3.05, 3.63) is 51.8 Å². The molecule has 0 N–H and O–H groups in total. The quantitative estimate of drug-likeness (QED) is 0.455. The number of rotatable bonds is 9. The molecule has 0 bridgehead atoms. The van der Waals surface area contributed by atoms with Gasteiger partial charge in [0, 0.05) is 28.5 Å². The summed E-state index contributed by atoms with van der Waals surface area (Å²) >= 11 is 5.88. The Morgan fingerprint density at radius 1 is 1.03 bits per heavy atom. The Morgan fingerprint density at radius 2 is 1.76 bits per heavy atom. The van der Waals surface area contributed by atoms with Crippen LogP contribution in [0.15, 0.2) is 24.3 Å². The average molecular weight is 422 g/mol. The molecule has 1 aromatic carbocycles. The number of nitrogens with zero attached hydrogens (tertiary/aromatic N) is 1. The molecule has 0 unspecified atom stereocenters. The average Bonchev–Trinajstić information content (AvgIpc) is 2.97. The summed E-state index contributed by atoms with van der Waals surface area (Å²) in [6, 6.07) is 6.77. The van der Waals surface area contributed by atoms with E-state index >= 15 is 0 Å². The third-order valence-corrected chi connectivity index (χ3v) is 4.72. The van der Waals surface area contributed by atoms with E-state index in [1.165, 1.54) is 7.11 Å². The van der Waals surface area contributed by atoms with Gasteiger partial charge >= 0.3 is 11.9 Å². The van der Waals surface area contributed by atoms with Gasteiger partial charge in [0.2, 0.25) is 5.78 Å². The predicted molar refractivity (Wildman–Crippen MR) is 108 cm³/mol. The van der Waals surface area contributed by atoms with Crippen molar-refractivity contribution in [2.75, 3.05) is 20.3 Å². The highest BCUT2D eigenvalue weighted by molar-refractivity contribution is 6.30. The molecule has 0 fully saturated rings. The molecule has 0 spiro atoms. The number of aryl methyl sites for hydroxylation is 2. The number of ketones is 1. The first kappa shape index (κ1) is 22.5. The Kier molecular flexibility index (Phi) is 7.84. The van der Waals surface area contributed by atoms with Gasteiger partial charge in [-0.3, -0.25) is 9.59 Å². The Balaban J connectivity index is 1.90. The number of carbonyl (C=O) groups excluding carboxylic acids is 3. The summed E-state index contributed by atoms with van der Waals surface area (Å²) in [6.45, 7) is 5.15. The molecule has 8 heteroatoms. The molecule has 0 aliphatic rings. The maximum atomic E-state index is 12.5. The minimum absolute atomic E-state index is 0.205. The third kappa shape index (κ3) is 6.09. The van der Waals surface area contributed by atoms with Gasteiger partial charge in [0.25, 0.3) is 0 Å². The first-order valence-electron chi connectivity index (χ1n) is 9.04. The van der Waals surface area contributed by atoms with E-state index in [1.54, 1.807) is 31.2 Å². The van der Waals surface area contributed by atoms with E-state index in [1.807, 2.05) is 18.4 Å². The lowest BCUT2D eigenvalue weighted by molar-refractivity contribution is -0.145. The second kappa shape index (κ2) is 10.1. The number of esters is 2. The zero-order valence-corrected chi connectivity index (χ0v) is 17.7. The second-order valence-corrected chi connectivity index (χ2v) is 6.98. The fourth-order valence-corrected chi connectivity index (χ4v) is 3.14. The van der Waals surface area contributed by atoms with Crippen LogP contribution in [-0.4, -0.2) is 42.6 Å². The number of ether oxygens (including phenoxy) is 3. The van der Waals surface area contributed by atoms with E-state index in [0.29, 0.717) is 28.6 Å². The molecule has 29 heavy (non-hydrogen) atoms. The molecule has 7 nitrogen and oxygen atoms in total. The summed E-state index contributed by atoms with van der Waals surface area (Å²) in [6.07, 6.45) is 0.205. The molecule has 0 saturated heterocycles. The van der Waals surface area contributed by atoms with Crippen LogP contribution in [0.3, 0.4) is 0 Å². The highest BCUT2D eigenvalue weighted by atomic mass is 35.5. The Hall–Kier alpha value is -2.80. The molecule has 1 aromatic heterocycles. The van der Waals surface area contributed by atoms with Crippen molar-refractivity contribution in [3.63, 3.8) is 0 Å². The van der Waals surface area contributed by atoms with Gasteiger partial charge < -0.3 is 18.8 Å². The molecule has 156 valence electrons. The van der Waals surface area contributed by atoms with Crippen LogP contribution in [0.1, 0.15) is 33.7 Å². The SMILES string of the molecule is COC(=O)CCn1c(C)cc(C(=O)COC(=O)COc2ccc(Cl)cc2C)c1C. The van der Waals surface area contributed by atoms with E-state index in [9.17, 15) is 14.4 Å². The van der Waals surface area contributed by atoms with Crippen LogP contribution in [0.2, 0.25) is 5.02 Å². The summed E-state index contributed by atoms with van der Waals surface area (Å²) in [5.74, 6) is -0.771. The molecule has 0 radical (unpaired) electrons. The standard InChI is InChI=1S/C21H24ClNO6/c1-13-9-16(22)5-6-19(13)28-12-21(26)29-11-18(24)17-10-14(2)23(15(17)3)8-7-20(25)27-4/h5-6,9-10H,7-8,11-12H2,1-4H3. The summed E-state index contributed by atoms with van der Waals surface area (Å²) in [7, 11) is 1.33. The number of hydrogen-bond donors (Lipinski definition) is 0. The Morgan fingerprint density at radius 3 is 2.41 bits per heavy atom. The molecular weight excluding hydrogens is 398 g/mol. The number of halogens is 1. The van der Waals surface area contributed by atoms with E-state index < -0.39 is 5.97 Å². The first-order valence-corrected chi connectivity index (χ1v) is 9.42. The van der Waals surface area contributed by atoms with Crippen molar-refractivity contribution >= 4 is 29.3 Å². The summed E-state index contributed by atoms with van der Waals surface area (Å²) in [4.78, 5) is 35.7. The molecule has 0 atom stereocenters. The number of benzene rings is 1. The van der Waals surface area contributed by atoms with Gasteiger partial charge in [0.05, 0.1) is 13.5 Å². The van der Waals surface area contributed by atoms with Crippen LogP contribution in [0.4, 0.5) is 0 Å². The maximum Gasteiger partial charge on any atom is 0.344 e. The van der Waals surface area contributed by atoms with Crippen molar-refractivity contribution in [2.24, 2.45) is 0 Å². The smallest absolute Gasteiger partial charge is 0.344 e. The van der Waals surface area contributed by atoms with Gasteiger partial charge in [-0.15, -0.1) is 0 Å². The number of hydrogen-bond acceptors (Lipinski definition) is 6. The third-order valence-electron chi connectivity index (χ3n) is 4.49. The van der Waals surface area contributed by atoms with Gasteiger partial charge in [-0.05, 0) is 50.6 Å². The zero-order valence-electron chi connectivity index (χ0n) is 16.9. The molecular formula is C21H24ClNO6. The molecule has 0 saturated carbocycles. The lowest BCUT2D eigenvalue weighted by Crippen LogP contribution is -2.20. The van der Waals surface area contributed by atoms with Crippen LogP contribution in [0, 0.1) is 20.8 Å². The number of methoxy groups -OCH3 is 1. The topological polar surface area (TPSA) is 83.8 Å². The lowest BCUT2D eigenvalue weighted by atomic mass is 10.1. The molecule has 2 rings (SSSR count). The van der Waals surface area contributed by atoms with Crippen molar-refractivity contribution < 1.29 is 28.6 Å². The van der Waals surface area contributed by atoms with Crippen LogP contribution in [-0.2, 0) is 25.6 Å². The Bertz CT molecular complexity index is 918. The monoisotopic (exact) mass is 421 g/mol. The number of carbonyl (C=O) groups is 3. The van der Waals surface area contributed by atoms with Crippen LogP contribution >= 0.6 is 11.6 Å². The van der Waals surface area contributed by atoms with Crippen LogP contribution in [0.5, 0.6) is 5.75 Å². The maximum absolute atomic E-state index is 12.5. The zero-order chi connectivity index (χ0) is 21.6. The van der Waals surface area contributed by atoms with E-state index in [2.05, 4.69) is 4.74 Å². The minimum atomic E-state index is -0.646. The van der Waals surface area contributed by atoms with Crippen LogP contribution in [0.25, 0.3) is 0 Å². The Labute approximate surface area is 174 Å². The van der Waals surface area contributed by atoms with E-state index in [0.717, 1.165) is 11.3 Å². The number of Topliss-reactive ketones (excluding diaryl/α,β-unsaturated/α-hetero) is 1. The highest BCUT2D eigenvalue weighted by Crippen LogP contribution is 2.22. The van der Waals surface area contributed by atoms with Crippen molar-refractivity contribution in [1.29, 1.82) is 0 Å². The van der Waals surface area contributed by atoms with Gasteiger partial charge in [0.15, 0.2) is 13.2 Å². The highest BCUT2D eigenvalue weighted by Gasteiger charge is 2.18. The minimum Gasteiger partial charge on any atom is -0.482 e. The van der Waals surface area contributed by atoms with E-state index in [4.69, 9.17) is 21.1 Å². The van der Waals surface area contributed by atoms with Gasteiger partial charge in [-0.2, -0.15) is 0 Å². The van der Waals surface area contributed by atoms with Crippen LogP contribution < -0.4 is 4.74 Å². The summed E-state index contributed by atoms with van der Waals surface area (Å²) in [5.41, 5.74) is 2.79. The lowest BCUT2D eigenvalue weighted by Gasteiger charge is -2.10. The van der Waals surface area contributed by atoms with Crippen molar-refractivity contribution in [2.45, 2.75) is 33.7 Å². The fourth-order valence-electron chi connectivity index (χ4n) is 2.91. The number of aromatic nitrogens is 1. The van der Waals surface area contributed by atoms with Crippen molar-refractivity contribution in [3.8, 4) is 5.75 Å². The second-order valence-electron chi connectivity index (χ2n) is 6.54. The largest absolute Gasteiger partial charge is 0.482 e. The summed E-state index contributed by atoms with van der Waals surface area (Å²) < 4.78 is 17.0. The molecule has 1 heterocycles. The molecule has 0 aliphatic heterocycles. The van der Waals surface area contributed by atoms with Gasteiger partial charge in [-0.1, -0.05) is 11.6 Å². The fraction of sp³-hybridized carbons (Fsp3) is 0.381. The molecule has 0 aliphatic carbocycles. The van der Waals surface area contributed by atoms with E-state index in [-0.39, 0.29) is 31.4 Å². The first-order chi connectivity index (χ1) is 13.7. The normalized spacial score (nSPS) is 10.5. The van der Waals surface area contributed by atoms with Crippen molar-refractivity contribution in [1.82, 2.24) is 4.57 Å². The molecule has 2 aromatic rings. The van der Waals surface area contributed by atoms with Gasteiger partial charge in [-0.25, -0.2) is 4.79 Å².